The first kappa shape index (κ1) is 21.6. The molecule has 31 heavy (non-hydrogen) atoms. The van der Waals surface area contributed by atoms with Crippen LogP contribution in [0.25, 0.3) is 11.1 Å². The molecule has 4 rings (SSSR count). The lowest BCUT2D eigenvalue weighted by Gasteiger charge is -2.25. The Kier molecular flexibility index (Phi) is 5.65. The van der Waals surface area contributed by atoms with Gasteiger partial charge in [-0.2, -0.15) is 13.2 Å². The van der Waals surface area contributed by atoms with Gasteiger partial charge in [-0.05, 0) is 77.9 Å². The number of fused-ring (bicyclic) bond motifs is 1. The summed E-state index contributed by atoms with van der Waals surface area (Å²) in [7, 11) is 0. The number of hydrogen-bond acceptors (Lipinski definition) is 2. The highest BCUT2D eigenvalue weighted by Crippen LogP contribution is 2.37. The molecule has 0 bridgehead atoms. The molecule has 2 nitrogen and oxygen atoms in total. The van der Waals surface area contributed by atoms with E-state index in [1.54, 1.807) is 12.1 Å². The van der Waals surface area contributed by atoms with E-state index in [1.165, 1.54) is 11.1 Å². The molecule has 2 aromatic carbocycles. The third-order valence-corrected chi connectivity index (χ3v) is 6.16. The van der Waals surface area contributed by atoms with Crippen LogP contribution in [0.5, 0.6) is 0 Å². The van der Waals surface area contributed by atoms with E-state index < -0.39 is 11.7 Å². The van der Waals surface area contributed by atoms with Gasteiger partial charge in [0.1, 0.15) is 0 Å². The third kappa shape index (κ3) is 4.82. The van der Waals surface area contributed by atoms with Gasteiger partial charge in [0.25, 0.3) is 0 Å². The van der Waals surface area contributed by atoms with Gasteiger partial charge in [0.15, 0.2) is 0 Å². The van der Waals surface area contributed by atoms with Crippen LogP contribution in [0.2, 0.25) is 0 Å². The maximum atomic E-state index is 12.9. The molecule has 0 spiro atoms. The zero-order chi connectivity index (χ0) is 22.2. The van der Waals surface area contributed by atoms with Gasteiger partial charge < -0.3 is 0 Å². The zero-order valence-electron chi connectivity index (χ0n) is 18.1. The van der Waals surface area contributed by atoms with Crippen LogP contribution < -0.4 is 0 Å². The molecule has 2 heterocycles. The average Bonchev–Trinajstić information content (AvgIpc) is 2.83. The fraction of sp³-hybridized carbons (Fsp3) is 0.346. The van der Waals surface area contributed by atoms with Crippen molar-refractivity contribution in [2.75, 3.05) is 6.54 Å². The molecule has 3 aromatic rings. The van der Waals surface area contributed by atoms with E-state index in [-0.39, 0.29) is 5.41 Å². The molecule has 0 fully saturated rings. The molecule has 162 valence electrons. The molecule has 0 saturated heterocycles. The molecule has 0 saturated carbocycles. The highest BCUT2D eigenvalue weighted by Gasteiger charge is 2.31. The molecule has 0 amide bonds. The minimum Gasteiger partial charge on any atom is -0.293 e. The van der Waals surface area contributed by atoms with Crippen molar-refractivity contribution >= 4 is 0 Å². The number of pyridine rings is 1. The summed E-state index contributed by atoms with van der Waals surface area (Å²) in [6, 6.07) is 17.8. The molecule has 0 radical (unpaired) electrons. The number of halogens is 3. The normalized spacial score (nSPS) is 16.6. The molecule has 0 atom stereocenters. The Bertz CT molecular complexity index is 1070. The number of aromatic nitrogens is 1. The van der Waals surface area contributed by atoms with Crippen LogP contribution in [0.3, 0.4) is 0 Å². The zero-order valence-corrected chi connectivity index (χ0v) is 18.1. The lowest BCUT2D eigenvalue weighted by Crippen LogP contribution is -2.25. The summed E-state index contributed by atoms with van der Waals surface area (Å²) in [5, 5.41) is 0. The van der Waals surface area contributed by atoms with E-state index in [2.05, 4.69) is 41.9 Å². The monoisotopic (exact) mass is 424 g/mol. The van der Waals surface area contributed by atoms with Gasteiger partial charge in [0.2, 0.25) is 0 Å². The van der Waals surface area contributed by atoms with Crippen LogP contribution in [0.1, 0.15) is 48.3 Å². The van der Waals surface area contributed by atoms with Gasteiger partial charge in [-0.1, -0.05) is 44.2 Å². The van der Waals surface area contributed by atoms with Crippen molar-refractivity contribution in [2.45, 2.75) is 51.9 Å². The molecule has 1 aromatic heterocycles. The summed E-state index contributed by atoms with van der Waals surface area (Å²) in [5.41, 5.74) is 5.75. The summed E-state index contributed by atoms with van der Waals surface area (Å²) in [6.07, 6.45) is -3.29. The van der Waals surface area contributed by atoms with Crippen molar-refractivity contribution < 1.29 is 13.2 Å². The standard InChI is InChI=1S/C26H27F3N2/c1-18-5-4-6-23(30-18)17-31-14-13-25(2,3)24-12-9-20(15-21(24)16-31)19-7-10-22(11-8-19)26(27,28)29/h4-12,15H,13-14,16-17H2,1-3H3. The predicted molar refractivity (Wildman–Crippen MR) is 118 cm³/mol. The van der Waals surface area contributed by atoms with E-state index in [0.29, 0.717) is 0 Å². The van der Waals surface area contributed by atoms with Gasteiger partial charge in [0.05, 0.1) is 11.3 Å². The minimum absolute atomic E-state index is 0.0305. The fourth-order valence-electron chi connectivity index (χ4n) is 4.36. The molecule has 1 aliphatic heterocycles. The Morgan fingerprint density at radius 1 is 0.968 bits per heavy atom. The quantitative estimate of drug-likeness (QED) is 0.462. The van der Waals surface area contributed by atoms with Crippen molar-refractivity contribution in [2.24, 2.45) is 0 Å². The fourth-order valence-corrected chi connectivity index (χ4v) is 4.36. The van der Waals surface area contributed by atoms with Crippen LogP contribution in [-0.2, 0) is 24.7 Å². The van der Waals surface area contributed by atoms with Crippen molar-refractivity contribution in [1.82, 2.24) is 9.88 Å². The number of hydrogen-bond donors (Lipinski definition) is 0. The van der Waals surface area contributed by atoms with E-state index >= 15 is 0 Å². The van der Waals surface area contributed by atoms with E-state index in [4.69, 9.17) is 0 Å². The van der Waals surface area contributed by atoms with Crippen molar-refractivity contribution in [3.05, 3.63) is 88.7 Å². The average molecular weight is 425 g/mol. The molecule has 5 heteroatoms. The van der Waals surface area contributed by atoms with Crippen molar-refractivity contribution in [1.29, 1.82) is 0 Å². The van der Waals surface area contributed by atoms with Gasteiger partial charge in [0, 0.05) is 18.8 Å². The summed E-state index contributed by atoms with van der Waals surface area (Å²) in [5.74, 6) is 0. The SMILES string of the molecule is Cc1cccc(CN2CCC(C)(C)c3ccc(-c4ccc(C(F)(F)F)cc4)cc3C2)n1. The summed E-state index contributed by atoms with van der Waals surface area (Å²) >= 11 is 0. The van der Waals surface area contributed by atoms with Crippen LogP contribution in [0.4, 0.5) is 13.2 Å². The number of alkyl halides is 3. The number of rotatable bonds is 3. The summed E-state index contributed by atoms with van der Waals surface area (Å²) in [4.78, 5) is 7.06. The van der Waals surface area contributed by atoms with E-state index in [0.717, 1.165) is 60.7 Å². The van der Waals surface area contributed by atoms with E-state index in [9.17, 15) is 13.2 Å². The van der Waals surface area contributed by atoms with Gasteiger partial charge in [-0.15, -0.1) is 0 Å². The summed E-state index contributed by atoms with van der Waals surface area (Å²) < 4.78 is 38.7. The van der Waals surface area contributed by atoms with Crippen LogP contribution in [0.15, 0.2) is 60.7 Å². The maximum absolute atomic E-state index is 12.9. The number of nitrogens with zero attached hydrogens (tertiary/aromatic N) is 2. The molecule has 0 aliphatic carbocycles. The van der Waals surface area contributed by atoms with E-state index in [1.807, 2.05) is 25.1 Å². The van der Waals surface area contributed by atoms with Crippen molar-refractivity contribution in [3.8, 4) is 11.1 Å². The Labute approximate surface area is 181 Å². The van der Waals surface area contributed by atoms with Crippen LogP contribution >= 0.6 is 0 Å². The molecular formula is C26H27F3N2. The topological polar surface area (TPSA) is 16.1 Å². The largest absolute Gasteiger partial charge is 0.416 e. The highest BCUT2D eigenvalue weighted by molar-refractivity contribution is 5.66. The molecular weight excluding hydrogens is 397 g/mol. The minimum atomic E-state index is -4.32. The van der Waals surface area contributed by atoms with Gasteiger partial charge in [-0.25, -0.2) is 0 Å². The Hall–Kier alpha value is -2.66. The van der Waals surface area contributed by atoms with Gasteiger partial charge >= 0.3 is 6.18 Å². The second-order valence-electron chi connectivity index (χ2n) is 9.06. The number of benzene rings is 2. The first-order valence-corrected chi connectivity index (χ1v) is 10.6. The second kappa shape index (κ2) is 8.12. The Balaban J connectivity index is 1.64. The van der Waals surface area contributed by atoms with Crippen molar-refractivity contribution in [3.63, 3.8) is 0 Å². The van der Waals surface area contributed by atoms with Crippen LogP contribution in [-0.4, -0.2) is 16.4 Å². The highest BCUT2D eigenvalue weighted by atomic mass is 19.4. The van der Waals surface area contributed by atoms with Gasteiger partial charge in [-0.3, -0.25) is 9.88 Å². The maximum Gasteiger partial charge on any atom is 0.416 e. The number of aryl methyl sites for hydroxylation is 1. The Morgan fingerprint density at radius 3 is 2.35 bits per heavy atom. The Morgan fingerprint density at radius 2 is 1.68 bits per heavy atom. The molecule has 0 unspecified atom stereocenters. The smallest absolute Gasteiger partial charge is 0.293 e. The first-order chi connectivity index (χ1) is 14.6. The third-order valence-electron chi connectivity index (χ3n) is 6.16. The lowest BCUT2D eigenvalue weighted by atomic mass is 9.79. The van der Waals surface area contributed by atoms with Crippen LogP contribution in [0, 0.1) is 6.92 Å². The first-order valence-electron chi connectivity index (χ1n) is 10.6. The molecule has 1 aliphatic rings. The second-order valence-corrected chi connectivity index (χ2v) is 9.06. The molecule has 0 N–H and O–H groups in total. The lowest BCUT2D eigenvalue weighted by molar-refractivity contribution is -0.137. The predicted octanol–water partition coefficient (Wildman–Crippen LogP) is 6.76. The summed E-state index contributed by atoms with van der Waals surface area (Å²) in [6.45, 7) is 9.06.